The lowest BCUT2D eigenvalue weighted by molar-refractivity contribution is -0.140. The Labute approximate surface area is 240 Å². The number of rotatable bonds is 8. The number of methoxy groups -OCH3 is 1. The first kappa shape index (κ1) is 27.8. The van der Waals surface area contributed by atoms with Crippen molar-refractivity contribution < 1.29 is 18.7 Å². The van der Waals surface area contributed by atoms with Crippen LogP contribution in [0.25, 0.3) is 17.4 Å². The number of hydrogen-bond donors (Lipinski definition) is 0. The van der Waals surface area contributed by atoms with Gasteiger partial charge in [0.1, 0.15) is 18.1 Å². The number of carbonyl (C=O) groups excluding carboxylic acids is 1. The lowest BCUT2D eigenvalue weighted by Gasteiger charge is -2.25. The third-order valence-corrected chi connectivity index (χ3v) is 7.91. The normalized spacial score (nSPS) is 15.3. The average Bonchev–Trinajstić information content (AvgIpc) is 3.52. The monoisotopic (exact) mass is 576 g/mol. The summed E-state index contributed by atoms with van der Waals surface area (Å²) in [6.45, 7) is 6.37. The molecule has 2 aromatic heterocycles. The summed E-state index contributed by atoms with van der Waals surface area (Å²) in [6.07, 6.45) is 1.70. The molecular formula is C31H29ClN2O5S. The number of nitrogens with zero attached hydrogens (tertiary/aromatic N) is 2. The Bertz CT molecular complexity index is 1760. The first-order valence-corrected chi connectivity index (χ1v) is 14.1. The molecule has 1 unspecified atom stereocenters. The Morgan fingerprint density at radius 1 is 1.15 bits per heavy atom. The van der Waals surface area contributed by atoms with Crippen molar-refractivity contribution in [2.75, 3.05) is 20.3 Å². The van der Waals surface area contributed by atoms with Gasteiger partial charge in [-0.1, -0.05) is 73.2 Å². The topological polar surface area (TPSA) is 83.0 Å². The smallest absolute Gasteiger partial charge is 0.338 e. The van der Waals surface area contributed by atoms with Crippen molar-refractivity contribution in [1.29, 1.82) is 0 Å². The molecule has 0 spiro atoms. The van der Waals surface area contributed by atoms with Gasteiger partial charge < -0.3 is 13.9 Å². The van der Waals surface area contributed by atoms with Crippen LogP contribution >= 0.6 is 22.9 Å². The predicted octanol–water partition coefficient (Wildman–Crippen LogP) is 5.46. The average molecular weight is 577 g/mol. The molecule has 0 saturated heterocycles. The fourth-order valence-corrected chi connectivity index (χ4v) is 5.83. The summed E-state index contributed by atoms with van der Waals surface area (Å²) in [7, 11) is 1.54. The molecule has 1 aliphatic rings. The third kappa shape index (κ3) is 5.61. The van der Waals surface area contributed by atoms with E-state index in [1.165, 1.54) is 11.3 Å². The molecule has 0 aliphatic carbocycles. The van der Waals surface area contributed by atoms with Crippen LogP contribution in [0.15, 0.2) is 86.1 Å². The quantitative estimate of drug-likeness (QED) is 0.205. The van der Waals surface area contributed by atoms with E-state index in [1.807, 2.05) is 48.5 Å². The Kier molecular flexibility index (Phi) is 8.21. The predicted molar refractivity (Wildman–Crippen MR) is 156 cm³/mol. The van der Waals surface area contributed by atoms with Gasteiger partial charge in [-0.2, -0.15) is 0 Å². The molecule has 0 bridgehead atoms. The number of benzene rings is 2. The maximum atomic E-state index is 13.9. The highest BCUT2D eigenvalue weighted by Crippen LogP contribution is 2.32. The first-order chi connectivity index (χ1) is 19.3. The van der Waals surface area contributed by atoms with Crippen LogP contribution in [-0.2, 0) is 14.3 Å². The summed E-state index contributed by atoms with van der Waals surface area (Å²) in [5, 5.41) is 0.608. The van der Waals surface area contributed by atoms with Crippen LogP contribution in [0.1, 0.15) is 49.6 Å². The fourth-order valence-electron chi connectivity index (χ4n) is 4.61. The van der Waals surface area contributed by atoms with Gasteiger partial charge in [0.2, 0.25) is 0 Å². The van der Waals surface area contributed by atoms with E-state index >= 15 is 0 Å². The van der Waals surface area contributed by atoms with Crippen LogP contribution < -0.4 is 14.9 Å². The highest BCUT2D eigenvalue weighted by atomic mass is 35.5. The molecule has 1 atom stereocenters. The van der Waals surface area contributed by atoms with Gasteiger partial charge >= 0.3 is 5.97 Å². The third-order valence-electron chi connectivity index (χ3n) is 6.69. The molecule has 0 fully saturated rings. The minimum Gasteiger partial charge on any atom is -0.460 e. The second kappa shape index (κ2) is 11.8. The standard InChI is InChI=1S/C31H29ClN2O5S/c1-18(2)20-8-10-21(11-9-20)28-27(30(36)38-15-14-37-4)19(3)33-31-34(28)29(35)26(40-31)17-24-12-13-25(39-24)22-6-5-7-23(32)16-22/h5-13,16-18,28H,14-15H2,1-4H3. The Morgan fingerprint density at radius 2 is 1.93 bits per heavy atom. The molecular weight excluding hydrogens is 548 g/mol. The summed E-state index contributed by atoms with van der Waals surface area (Å²) in [5.41, 5.74) is 3.37. The SMILES string of the molecule is COCCOC(=O)C1=C(C)N=c2sc(=Cc3ccc(-c4cccc(Cl)c4)o3)c(=O)n2C1c1ccc(C(C)C)cc1. The summed E-state index contributed by atoms with van der Waals surface area (Å²) in [6, 6.07) is 18.3. The molecule has 40 heavy (non-hydrogen) atoms. The van der Waals surface area contributed by atoms with E-state index in [4.69, 9.17) is 25.5 Å². The van der Waals surface area contributed by atoms with Crippen LogP contribution in [0.5, 0.6) is 0 Å². The van der Waals surface area contributed by atoms with Gasteiger partial charge in [-0.3, -0.25) is 9.36 Å². The van der Waals surface area contributed by atoms with E-state index in [0.29, 0.717) is 43.1 Å². The van der Waals surface area contributed by atoms with Crippen LogP contribution in [0.4, 0.5) is 0 Å². The van der Waals surface area contributed by atoms with Crippen LogP contribution in [-0.4, -0.2) is 30.9 Å². The van der Waals surface area contributed by atoms with Gasteiger partial charge in [0, 0.05) is 23.8 Å². The van der Waals surface area contributed by atoms with E-state index < -0.39 is 12.0 Å². The molecule has 0 amide bonds. The Morgan fingerprint density at radius 3 is 2.62 bits per heavy atom. The molecule has 7 nitrogen and oxygen atoms in total. The van der Waals surface area contributed by atoms with Crippen molar-refractivity contribution in [3.63, 3.8) is 0 Å². The van der Waals surface area contributed by atoms with Gasteiger partial charge in [0.15, 0.2) is 4.80 Å². The number of esters is 1. The second-order valence-electron chi connectivity index (χ2n) is 9.74. The number of ether oxygens (including phenoxy) is 2. The second-order valence-corrected chi connectivity index (χ2v) is 11.2. The molecule has 9 heteroatoms. The Balaban J connectivity index is 1.60. The zero-order valence-corrected chi connectivity index (χ0v) is 24.2. The summed E-state index contributed by atoms with van der Waals surface area (Å²) < 4.78 is 18.6. The van der Waals surface area contributed by atoms with Gasteiger partial charge in [-0.25, -0.2) is 9.79 Å². The van der Waals surface area contributed by atoms with E-state index in [2.05, 4.69) is 18.8 Å². The molecule has 0 N–H and O–H groups in total. The van der Waals surface area contributed by atoms with Crippen LogP contribution in [0.2, 0.25) is 5.02 Å². The minimum absolute atomic E-state index is 0.100. The fraction of sp³-hybridized carbons (Fsp3) is 0.258. The van der Waals surface area contributed by atoms with Gasteiger partial charge in [-0.05, 0) is 48.2 Å². The number of fused-ring (bicyclic) bond motifs is 1. The summed E-state index contributed by atoms with van der Waals surface area (Å²) in [4.78, 5) is 32.3. The molecule has 3 heterocycles. The van der Waals surface area contributed by atoms with Gasteiger partial charge in [0.05, 0.1) is 28.5 Å². The highest BCUT2D eigenvalue weighted by molar-refractivity contribution is 7.07. The molecule has 206 valence electrons. The minimum atomic E-state index is -0.687. The molecule has 0 radical (unpaired) electrons. The van der Waals surface area contributed by atoms with Crippen molar-refractivity contribution in [3.8, 4) is 11.3 Å². The molecule has 1 aliphatic heterocycles. The molecule has 4 aromatic rings. The number of carbonyl (C=O) groups is 1. The number of hydrogen-bond acceptors (Lipinski definition) is 7. The zero-order valence-electron chi connectivity index (χ0n) is 22.6. The van der Waals surface area contributed by atoms with E-state index in [0.717, 1.165) is 16.7 Å². The maximum absolute atomic E-state index is 13.9. The van der Waals surface area contributed by atoms with Crippen molar-refractivity contribution in [2.45, 2.75) is 32.7 Å². The zero-order chi connectivity index (χ0) is 28.4. The number of furan rings is 1. The largest absolute Gasteiger partial charge is 0.460 e. The van der Waals surface area contributed by atoms with Crippen molar-refractivity contribution in [3.05, 3.63) is 114 Å². The highest BCUT2D eigenvalue weighted by Gasteiger charge is 2.33. The lowest BCUT2D eigenvalue weighted by atomic mass is 9.93. The number of aromatic nitrogens is 1. The van der Waals surface area contributed by atoms with Crippen molar-refractivity contribution in [1.82, 2.24) is 4.57 Å². The maximum Gasteiger partial charge on any atom is 0.338 e. The van der Waals surface area contributed by atoms with E-state index in [-0.39, 0.29) is 18.8 Å². The van der Waals surface area contributed by atoms with Crippen molar-refractivity contribution in [2.24, 2.45) is 4.99 Å². The van der Waals surface area contributed by atoms with E-state index in [9.17, 15) is 9.59 Å². The number of halogens is 1. The summed E-state index contributed by atoms with van der Waals surface area (Å²) in [5.74, 6) is 0.981. The van der Waals surface area contributed by atoms with Gasteiger partial charge in [-0.15, -0.1) is 0 Å². The first-order valence-electron chi connectivity index (χ1n) is 12.9. The Hall–Kier alpha value is -3.72. The molecule has 5 rings (SSSR count). The lowest BCUT2D eigenvalue weighted by Crippen LogP contribution is -2.40. The number of thiazole rings is 1. The van der Waals surface area contributed by atoms with Crippen LogP contribution in [0.3, 0.4) is 0 Å². The van der Waals surface area contributed by atoms with Crippen LogP contribution in [0, 0.1) is 0 Å². The molecule has 0 saturated carbocycles. The number of allylic oxidation sites excluding steroid dienone is 1. The molecule has 2 aromatic carbocycles. The van der Waals surface area contributed by atoms with Gasteiger partial charge in [0.25, 0.3) is 5.56 Å². The summed E-state index contributed by atoms with van der Waals surface area (Å²) >= 11 is 7.38. The van der Waals surface area contributed by atoms with E-state index in [1.54, 1.807) is 36.8 Å². The van der Waals surface area contributed by atoms with Crippen molar-refractivity contribution >= 4 is 35.0 Å².